The fourth-order valence-corrected chi connectivity index (χ4v) is 3.12. The first-order valence-electron chi connectivity index (χ1n) is 9.13. The van der Waals surface area contributed by atoms with Gasteiger partial charge in [-0.25, -0.2) is 9.18 Å². The Morgan fingerprint density at radius 3 is 2.23 bits per heavy atom. The van der Waals surface area contributed by atoms with E-state index in [2.05, 4.69) is 10.6 Å². The minimum Gasteiger partial charge on any atom is -0.345 e. The van der Waals surface area contributed by atoms with Crippen LogP contribution in [0.3, 0.4) is 0 Å². The molecule has 8 nitrogen and oxygen atoms in total. The molecule has 1 fully saturated rings. The summed E-state index contributed by atoms with van der Waals surface area (Å²) in [6.45, 7) is 1.01. The van der Waals surface area contributed by atoms with Crippen LogP contribution in [0.1, 0.15) is 22.8 Å². The number of urea groups is 1. The molecule has 5 amide bonds. The van der Waals surface area contributed by atoms with Crippen LogP contribution >= 0.6 is 0 Å². The number of halogens is 1. The molecule has 0 aliphatic carbocycles. The van der Waals surface area contributed by atoms with Gasteiger partial charge in [-0.2, -0.15) is 0 Å². The molecule has 0 aromatic heterocycles. The van der Waals surface area contributed by atoms with Crippen molar-refractivity contribution in [1.29, 1.82) is 0 Å². The van der Waals surface area contributed by atoms with Crippen LogP contribution < -0.4 is 10.6 Å². The highest BCUT2D eigenvalue weighted by atomic mass is 19.1. The zero-order chi connectivity index (χ0) is 22.1. The van der Waals surface area contributed by atoms with Gasteiger partial charge in [0.25, 0.3) is 11.8 Å². The van der Waals surface area contributed by atoms with Crippen molar-refractivity contribution in [2.45, 2.75) is 12.5 Å². The Morgan fingerprint density at radius 2 is 1.67 bits per heavy atom. The van der Waals surface area contributed by atoms with Gasteiger partial charge in [0.05, 0.1) is 0 Å². The lowest BCUT2D eigenvalue weighted by Crippen LogP contribution is -2.42. The second-order valence-electron chi connectivity index (χ2n) is 7.28. The number of carbonyl (C=O) groups excluding carboxylic acids is 4. The molecule has 0 unspecified atom stereocenters. The number of rotatable bonds is 5. The predicted molar refractivity (Wildman–Crippen MR) is 107 cm³/mol. The summed E-state index contributed by atoms with van der Waals surface area (Å²) in [6, 6.07) is 10.7. The van der Waals surface area contributed by atoms with Crippen molar-refractivity contribution >= 4 is 29.4 Å². The molecule has 30 heavy (non-hydrogen) atoms. The standard InChI is InChI=1S/C21H21FN4O4/c1-21(14-6-8-15(22)9-7-14)19(29)26(20(30)24-21)12-17(27)23-16-10-4-13(5-11-16)18(28)25(2)3/h4-11H,12H2,1-3H3,(H,23,27)(H,24,30)/t21-/m0/s1. The Labute approximate surface area is 172 Å². The molecule has 0 radical (unpaired) electrons. The summed E-state index contributed by atoms with van der Waals surface area (Å²) in [6.07, 6.45) is 0. The van der Waals surface area contributed by atoms with Gasteiger partial charge in [0.15, 0.2) is 0 Å². The molecular formula is C21H21FN4O4. The number of imide groups is 1. The number of anilines is 1. The van der Waals surface area contributed by atoms with E-state index in [1.807, 2.05) is 0 Å². The molecular weight excluding hydrogens is 391 g/mol. The van der Waals surface area contributed by atoms with Gasteiger partial charge in [0.1, 0.15) is 17.9 Å². The van der Waals surface area contributed by atoms with E-state index in [9.17, 15) is 23.6 Å². The maximum Gasteiger partial charge on any atom is 0.325 e. The van der Waals surface area contributed by atoms with Gasteiger partial charge in [-0.3, -0.25) is 19.3 Å². The van der Waals surface area contributed by atoms with Gasteiger partial charge in [-0.1, -0.05) is 12.1 Å². The third-order valence-electron chi connectivity index (χ3n) is 4.82. The first kappa shape index (κ1) is 21.0. The fourth-order valence-electron chi connectivity index (χ4n) is 3.12. The van der Waals surface area contributed by atoms with E-state index >= 15 is 0 Å². The Balaban J connectivity index is 1.68. The molecule has 156 valence electrons. The molecule has 2 aromatic rings. The second kappa shape index (κ2) is 7.94. The van der Waals surface area contributed by atoms with Gasteiger partial charge in [-0.15, -0.1) is 0 Å². The maximum absolute atomic E-state index is 13.2. The average molecular weight is 412 g/mol. The van der Waals surface area contributed by atoms with Crippen LogP contribution in [0, 0.1) is 5.82 Å². The zero-order valence-corrected chi connectivity index (χ0v) is 16.7. The zero-order valence-electron chi connectivity index (χ0n) is 16.7. The Morgan fingerprint density at radius 1 is 1.07 bits per heavy atom. The molecule has 0 spiro atoms. The third kappa shape index (κ3) is 4.00. The smallest absolute Gasteiger partial charge is 0.325 e. The topological polar surface area (TPSA) is 98.8 Å². The van der Waals surface area contributed by atoms with Crippen molar-refractivity contribution in [2.24, 2.45) is 0 Å². The lowest BCUT2D eigenvalue weighted by Gasteiger charge is -2.22. The molecule has 2 N–H and O–H groups in total. The monoisotopic (exact) mass is 412 g/mol. The Hall–Kier alpha value is -3.75. The van der Waals surface area contributed by atoms with Crippen LogP contribution in [0.5, 0.6) is 0 Å². The van der Waals surface area contributed by atoms with E-state index in [4.69, 9.17) is 0 Å². The molecule has 1 atom stereocenters. The number of benzene rings is 2. The van der Waals surface area contributed by atoms with E-state index in [-0.39, 0.29) is 5.91 Å². The van der Waals surface area contributed by atoms with Crippen LogP contribution in [-0.4, -0.2) is 54.2 Å². The molecule has 9 heteroatoms. The van der Waals surface area contributed by atoms with Crippen LogP contribution in [-0.2, 0) is 15.1 Å². The van der Waals surface area contributed by atoms with Crippen LogP contribution in [0.25, 0.3) is 0 Å². The van der Waals surface area contributed by atoms with Crippen LogP contribution in [0.15, 0.2) is 48.5 Å². The molecule has 1 aliphatic heterocycles. The number of carbonyl (C=O) groups is 4. The molecule has 1 saturated heterocycles. The Bertz CT molecular complexity index is 1000. The molecule has 2 aromatic carbocycles. The first-order valence-corrected chi connectivity index (χ1v) is 9.13. The first-order chi connectivity index (χ1) is 14.1. The average Bonchev–Trinajstić information content (AvgIpc) is 2.92. The largest absolute Gasteiger partial charge is 0.345 e. The van der Waals surface area contributed by atoms with Gasteiger partial charge in [0, 0.05) is 25.3 Å². The van der Waals surface area contributed by atoms with E-state index in [1.165, 1.54) is 36.1 Å². The van der Waals surface area contributed by atoms with Crippen LogP contribution in [0.2, 0.25) is 0 Å². The summed E-state index contributed by atoms with van der Waals surface area (Å²) in [4.78, 5) is 51.6. The van der Waals surface area contributed by atoms with E-state index < -0.39 is 35.7 Å². The summed E-state index contributed by atoms with van der Waals surface area (Å²) in [5, 5.41) is 5.15. The van der Waals surface area contributed by atoms with Gasteiger partial charge >= 0.3 is 6.03 Å². The van der Waals surface area contributed by atoms with Gasteiger partial charge in [0.2, 0.25) is 5.91 Å². The van der Waals surface area contributed by atoms with Crippen molar-refractivity contribution in [3.63, 3.8) is 0 Å². The van der Waals surface area contributed by atoms with Gasteiger partial charge in [-0.05, 0) is 48.9 Å². The van der Waals surface area contributed by atoms with Crippen molar-refractivity contribution in [3.8, 4) is 0 Å². The summed E-state index contributed by atoms with van der Waals surface area (Å²) < 4.78 is 13.2. The van der Waals surface area contributed by atoms with E-state index in [0.29, 0.717) is 16.8 Å². The minimum atomic E-state index is -1.39. The van der Waals surface area contributed by atoms with Crippen molar-refractivity contribution in [1.82, 2.24) is 15.1 Å². The molecule has 1 heterocycles. The van der Waals surface area contributed by atoms with E-state index in [1.54, 1.807) is 38.4 Å². The molecule has 1 aliphatic rings. The quantitative estimate of drug-likeness (QED) is 0.733. The highest BCUT2D eigenvalue weighted by molar-refractivity contribution is 6.10. The van der Waals surface area contributed by atoms with Crippen molar-refractivity contribution < 1.29 is 23.6 Å². The summed E-state index contributed by atoms with van der Waals surface area (Å²) in [5.74, 6) is -1.82. The molecule has 3 rings (SSSR count). The summed E-state index contributed by atoms with van der Waals surface area (Å²) in [7, 11) is 3.27. The highest BCUT2D eigenvalue weighted by Gasteiger charge is 2.49. The fraction of sp³-hybridized carbons (Fsp3) is 0.238. The van der Waals surface area contributed by atoms with Crippen LogP contribution in [0.4, 0.5) is 14.9 Å². The Kier molecular flexibility index (Phi) is 5.55. The number of nitrogens with zero attached hydrogens (tertiary/aromatic N) is 2. The number of hydrogen-bond acceptors (Lipinski definition) is 4. The molecule has 0 bridgehead atoms. The maximum atomic E-state index is 13.2. The lowest BCUT2D eigenvalue weighted by atomic mass is 9.92. The third-order valence-corrected chi connectivity index (χ3v) is 4.82. The minimum absolute atomic E-state index is 0.174. The lowest BCUT2D eigenvalue weighted by molar-refractivity contribution is -0.133. The molecule has 0 saturated carbocycles. The number of amides is 5. The van der Waals surface area contributed by atoms with E-state index in [0.717, 1.165) is 4.90 Å². The SMILES string of the molecule is CN(C)C(=O)c1ccc(NC(=O)CN2C(=O)N[C@@](C)(c3ccc(F)cc3)C2=O)cc1. The van der Waals surface area contributed by atoms with Crippen molar-refractivity contribution in [3.05, 3.63) is 65.5 Å². The second-order valence-corrected chi connectivity index (χ2v) is 7.28. The number of hydrogen-bond donors (Lipinski definition) is 2. The highest BCUT2D eigenvalue weighted by Crippen LogP contribution is 2.28. The number of nitrogens with one attached hydrogen (secondary N) is 2. The summed E-state index contributed by atoms with van der Waals surface area (Å²) >= 11 is 0. The van der Waals surface area contributed by atoms with Crippen molar-refractivity contribution in [2.75, 3.05) is 26.0 Å². The summed E-state index contributed by atoms with van der Waals surface area (Å²) in [5.41, 5.74) is -0.101. The predicted octanol–water partition coefficient (Wildman–Crippen LogP) is 1.93. The van der Waals surface area contributed by atoms with Gasteiger partial charge < -0.3 is 15.5 Å². The normalized spacial score (nSPS) is 18.2.